The van der Waals surface area contributed by atoms with Crippen molar-refractivity contribution in [3.63, 3.8) is 0 Å². The summed E-state index contributed by atoms with van der Waals surface area (Å²) >= 11 is -0.713. The van der Waals surface area contributed by atoms with Gasteiger partial charge in [-0.25, -0.2) is 0 Å². The Bertz CT molecular complexity index is 1110. The smallest absolute Gasteiger partial charge is 0.255 e. The molecule has 0 spiro atoms. The van der Waals surface area contributed by atoms with Crippen LogP contribution in [-0.4, -0.2) is 40.6 Å². The third-order valence-electron chi connectivity index (χ3n) is 6.07. The quantitative estimate of drug-likeness (QED) is 0.287. The maximum absolute atomic E-state index is 12.8. The molecule has 3 aromatic rings. The summed E-state index contributed by atoms with van der Waals surface area (Å²) in [5.74, 6) is 2.11. The number of nitrogens with one attached hydrogen (secondary N) is 2. The highest BCUT2D eigenvalue weighted by Crippen LogP contribution is 2.30. The van der Waals surface area contributed by atoms with E-state index in [2.05, 4.69) is 21.7 Å². The van der Waals surface area contributed by atoms with E-state index in [1.807, 2.05) is 37.4 Å². The van der Waals surface area contributed by atoms with Gasteiger partial charge in [-0.1, -0.05) is 17.2 Å². The van der Waals surface area contributed by atoms with Gasteiger partial charge in [0.1, 0.15) is 11.5 Å². The highest BCUT2D eigenvalue weighted by atomic mass is 32.2. The maximum atomic E-state index is 12.8. The van der Waals surface area contributed by atoms with Gasteiger partial charge in [-0.2, -0.15) is 0 Å². The topological polar surface area (TPSA) is 86.3 Å². The monoisotopic (exact) mass is 479 g/mol. The van der Waals surface area contributed by atoms with Crippen LogP contribution in [0.3, 0.4) is 0 Å². The van der Waals surface area contributed by atoms with Crippen molar-refractivity contribution in [1.82, 2.24) is 10.3 Å². The van der Waals surface area contributed by atoms with E-state index >= 15 is 0 Å². The predicted octanol–water partition coefficient (Wildman–Crippen LogP) is 4.83. The summed E-state index contributed by atoms with van der Waals surface area (Å²) in [6.45, 7) is 4.38. The number of aromatic nitrogens is 1. The summed E-state index contributed by atoms with van der Waals surface area (Å²) in [7, 11) is 0. The minimum atomic E-state index is -0.713. The minimum absolute atomic E-state index is 0.149. The number of ether oxygens (including phenoxy) is 1. The molecule has 2 N–H and O–H groups in total. The van der Waals surface area contributed by atoms with Crippen molar-refractivity contribution < 1.29 is 14.1 Å². The molecule has 1 saturated carbocycles. The lowest BCUT2D eigenvalue weighted by atomic mass is 10.1. The van der Waals surface area contributed by atoms with Gasteiger partial charge in [0.2, 0.25) is 0 Å². The number of nitrogens with zero attached hydrogens (tertiary/aromatic N) is 1. The molecule has 180 valence electrons. The zero-order chi connectivity index (χ0) is 23.9. The first-order valence-corrected chi connectivity index (χ1v) is 13.7. The van der Waals surface area contributed by atoms with E-state index in [1.54, 1.807) is 18.4 Å². The number of rotatable bonds is 12. The Morgan fingerprint density at radius 1 is 1.18 bits per heavy atom. The summed E-state index contributed by atoms with van der Waals surface area (Å²) in [5.41, 5.74) is 4.31. The molecule has 7 heteroatoms. The summed E-state index contributed by atoms with van der Waals surface area (Å²) in [4.78, 5) is 17.4. The number of benzene rings is 2. The fourth-order valence-corrected chi connectivity index (χ4v) is 4.42. The first-order chi connectivity index (χ1) is 16.5. The number of hydrogen-bond acceptors (Lipinski definition) is 5. The Morgan fingerprint density at radius 3 is 2.71 bits per heavy atom. The maximum Gasteiger partial charge on any atom is 0.255 e. The van der Waals surface area contributed by atoms with Crippen LogP contribution in [0.2, 0.25) is 0 Å². The van der Waals surface area contributed by atoms with Crippen LogP contribution in [0.15, 0.2) is 48.7 Å². The molecule has 0 radical (unpaired) electrons. The molecule has 1 unspecified atom stereocenters. The largest absolute Gasteiger partial charge is 0.617 e. The second-order valence-electron chi connectivity index (χ2n) is 9.05. The third-order valence-corrected chi connectivity index (χ3v) is 6.94. The number of aryl methyl sites for hydroxylation is 1. The van der Waals surface area contributed by atoms with Crippen LogP contribution in [0.4, 0.5) is 5.69 Å². The molecule has 1 fully saturated rings. The highest BCUT2D eigenvalue weighted by molar-refractivity contribution is 7.90. The molecule has 1 aromatic heterocycles. The number of amides is 1. The van der Waals surface area contributed by atoms with E-state index < -0.39 is 11.2 Å². The van der Waals surface area contributed by atoms with Crippen molar-refractivity contribution in [2.45, 2.75) is 39.2 Å². The number of carbonyl (C=O) groups is 1. The Kier molecular flexibility index (Phi) is 8.43. The zero-order valence-electron chi connectivity index (χ0n) is 19.9. The Balaban J connectivity index is 1.33. The molecule has 2 aromatic carbocycles. The highest BCUT2D eigenvalue weighted by Gasteiger charge is 2.21. The van der Waals surface area contributed by atoms with Gasteiger partial charge in [0, 0.05) is 29.4 Å². The molecular formula is C27H33N3O3S. The van der Waals surface area contributed by atoms with E-state index in [0.29, 0.717) is 11.5 Å². The standard InChI is InChI=1S/C27H33N3O3S/c1-19-25(30-27(31)22-7-10-24(11-8-22)33-18-20-5-6-20)12-9-23-15-21(17-29-26(19)23)16-28-13-3-4-14-34(2)32/h7-12,15,17,20,28H,3-6,13-14,16,18H2,1-2H3,(H,30,31). The predicted molar refractivity (Wildman–Crippen MR) is 139 cm³/mol. The van der Waals surface area contributed by atoms with Gasteiger partial charge < -0.3 is 19.9 Å². The molecule has 1 aliphatic carbocycles. The number of hydrogen-bond donors (Lipinski definition) is 2. The molecule has 6 nitrogen and oxygen atoms in total. The number of fused-ring (bicyclic) bond motifs is 1. The first-order valence-electron chi connectivity index (χ1n) is 11.9. The van der Waals surface area contributed by atoms with Crippen LogP contribution in [0.1, 0.15) is 47.2 Å². The average Bonchev–Trinajstić information content (AvgIpc) is 3.66. The summed E-state index contributed by atoms with van der Waals surface area (Å²) in [6, 6.07) is 13.4. The van der Waals surface area contributed by atoms with Gasteiger partial charge in [-0.3, -0.25) is 9.78 Å². The molecule has 0 saturated heterocycles. The SMILES string of the molecule is Cc1c(NC(=O)c2ccc(OCC3CC3)cc2)ccc2cc(CNCCCC[S+](C)[O-])cnc12. The lowest BCUT2D eigenvalue weighted by Gasteiger charge is -2.12. The van der Waals surface area contributed by atoms with Gasteiger partial charge in [0.15, 0.2) is 0 Å². The number of carbonyl (C=O) groups excluding carboxylic acids is 1. The lowest BCUT2D eigenvalue weighted by molar-refractivity contribution is 0.102. The fourth-order valence-electron chi connectivity index (χ4n) is 3.81. The molecule has 1 atom stereocenters. The first kappa shape index (κ1) is 24.5. The van der Waals surface area contributed by atoms with E-state index in [1.165, 1.54) is 12.8 Å². The number of unbranched alkanes of at least 4 members (excludes halogenated alkanes) is 1. The number of anilines is 1. The van der Waals surface area contributed by atoms with Crippen LogP contribution in [0.25, 0.3) is 10.9 Å². The average molecular weight is 480 g/mol. The van der Waals surface area contributed by atoms with Crippen LogP contribution in [0.5, 0.6) is 5.75 Å². The van der Waals surface area contributed by atoms with Crippen molar-refractivity contribution in [3.05, 3.63) is 65.4 Å². The molecule has 34 heavy (non-hydrogen) atoms. The molecule has 1 heterocycles. The van der Waals surface area contributed by atoms with Gasteiger partial charge in [0.05, 0.1) is 18.4 Å². The summed E-state index contributed by atoms with van der Waals surface area (Å²) in [6.07, 6.45) is 8.12. The minimum Gasteiger partial charge on any atom is -0.617 e. The van der Waals surface area contributed by atoms with E-state index in [4.69, 9.17) is 4.74 Å². The number of pyridine rings is 1. The van der Waals surface area contributed by atoms with Crippen LogP contribution in [0, 0.1) is 12.8 Å². The Hall–Kier alpha value is -2.61. The normalized spacial score (nSPS) is 14.2. The molecular weight excluding hydrogens is 446 g/mol. The van der Waals surface area contributed by atoms with Crippen LogP contribution >= 0.6 is 0 Å². The molecule has 1 aliphatic rings. The second-order valence-corrected chi connectivity index (χ2v) is 10.6. The summed E-state index contributed by atoms with van der Waals surface area (Å²) < 4.78 is 16.9. The van der Waals surface area contributed by atoms with Crippen LogP contribution in [-0.2, 0) is 17.7 Å². The van der Waals surface area contributed by atoms with Gasteiger partial charge >= 0.3 is 0 Å². The molecule has 0 aliphatic heterocycles. The van der Waals surface area contributed by atoms with Gasteiger partial charge in [0.25, 0.3) is 5.91 Å². The van der Waals surface area contributed by atoms with Crippen molar-refractivity contribution in [3.8, 4) is 5.75 Å². The van der Waals surface area contributed by atoms with Gasteiger partial charge in [-0.05, 0) is 92.6 Å². The Labute approximate surface area is 204 Å². The van der Waals surface area contributed by atoms with Crippen LogP contribution < -0.4 is 15.4 Å². The van der Waals surface area contributed by atoms with Crippen molar-refractivity contribution in [1.29, 1.82) is 0 Å². The third kappa shape index (κ3) is 6.95. The molecule has 4 rings (SSSR count). The van der Waals surface area contributed by atoms with Crippen molar-refractivity contribution in [2.24, 2.45) is 5.92 Å². The van der Waals surface area contributed by atoms with E-state index in [-0.39, 0.29) is 5.91 Å². The second kappa shape index (κ2) is 11.7. The van der Waals surface area contributed by atoms with Crippen molar-refractivity contribution >= 4 is 33.7 Å². The lowest BCUT2D eigenvalue weighted by Crippen LogP contribution is -2.16. The van der Waals surface area contributed by atoms with E-state index in [0.717, 1.165) is 71.8 Å². The Morgan fingerprint density at radius 2 is 1.97 bits per heavy atom. The molecule has 1 amide bonds. The van der Waals surface area contributed by atoms with Gasteiger partial charge in [-0.15, -0.1) is 0 Å². The van der Waals surface area contributed by atoms with E-state index in [9.17, 15) is 9.35 Å². The fraction of sp³-hybridized carbons (Fsp3) is 0.407. The molecule has 0 bridgehead atoms. The zero-order valence-corrected chi connectivity index (χ0v) is 20.7. The summed E-state index contributed by atoms with van der Waals surface area (Å²) in [5, 5.41) is 7.50. The van der Waals surface area contributed by atoms with Crippen molar-refractivity contribution in [2.75, 3.05) is 30.5 Å².